The van der Waals surface area contributed by atoms with Gasteiger partial charge >= 0.3 is 0 Å². The van der Waals surface area contributed by atoms with Gasteiger partial charge in [0, 0.05) is 39.4 Å². The lowest BCUT2D eigenvalue weighted by Gasteiger charge is -2.16. The minimum atomic E-state index is 0.106. The van der Waals surface area contributed by atoms with E-state index in [2.05, 4.69) is 9.88 Å². The number of anilines is 1. The molecule has 0 N–H and O–H groups in total. The first-order valence-electron chi connectivity index (χ1n) is 5.60. The van der Waals surface area contributed by atoms with Crippen molar-refractivity contribution in [2.24, 2.45) is 0 Å². The summed E-state index contributed by atoms with van der Waals surface area (Å²) in [6.07, 6.45) is 2.02. The summed E-state index contributed by atoms with van der Waals surface area (Å²) in [4.78, 5) is 6.57. The molecule has 1 aliphatic heterocycles. The highest BCUT2D eigenvalue weighted by atomic mass is 35.5. The average Bonchev–Trinajstić information content (AvgIpc) is 2.82. The smallest absolute Gasteiger partial charge is 0.128 e. The van der Waals surface area contributed by atoms with Crippen LogP contribution in [0.4, 0.5) is 5.82 Å². The Balaban J connectivity index is 2.07. The predicted molar refractivity (Wildman–Crippen MR) is 67.6 cm³/mol. The molecule has 0 amide bonds. The van der Waals surface area contributed by atoms with Crippen LogP contribution in [0.3, 0.4) is 0 Å². The van der Waals surface area contributed by atoms with Crippen molar-refractivity contribution in [1.82, 2.24) is 4.98 Å². The number of aromatic nitrogens is 1. The summed E-state index contributed by atoms with van der Waals surface area (Å²) < 4.78 is 10.8. The third-order valence-corrected chi connectivity index (χ3v) is 3.42. The fourth-order valence-corrected chi connectivity index (χ4v) is 2.22. The Hall–Kier alpha value is -0.840. The molecule has 4 nitrogen and oxygen atoms in total. The van der Waals surface area contributed by atoms with Gasteiger partial charge in [0.1, 0.15) is 18.0 Å². The monoisotopic (exact) mass is 256 g/mol. The van der Waals surface area contributed by atoms with Gasteiger partial charge in [-0.05, 0) is 11.6 Å². The van der Waals surface area contributed by atoms with E-state index in [0.29, 0.717) is 5.88 Å². The standard InChI is InChI=1S/C12H17ClN2O2/c1-16-10-7-15(8-11(10)17-2)12-4-3-9(5-13)6-14-12/h3-4,6,10-11H,5,7-8H2,1-2H3. The highest BCUT2D eigenvalue weighted by Crippen LogP contribution is 2.21. The summed E-state index contributed by atoms with van der Waals surface area (Å²) in [5.74, 6) is 1.44. The minimum absolute atomic E-state index is 0.106. The maximum Gasteiger partial charge on any atom is 0.128 e. The lowest BCUT2D eigenvalue weighted by molar-refractivity contribution is -0.00461. The normalized spacial score (nSPS) is 24.3. The fourth-order valence-electron chi connectivity index (χ4n) is 2.07. The van der Waals surface area contributed by atoms with Crippen LogP contribution in [0.25, 0.3) is 0 Å². The quantitative estimate of drug-likeness (QED) is 0.768. The number of alkyl halides is 1. The van der Waals surface area contributed by atoms with E-state index in [-0.39, 0.29) is 12.2 Å². The van der Waals surface area contributed by atoms with Crippen LogP contribution >= 0.6 is 11.6 Å². The Morgan fingerprint density at radius 3 is 2.35 bits per heavy atom. The number of ether oxygens (including phenoxy) is 2. The van der Waals surface area contributed by atoms with Gasteiger partial charge in [-0.25, -0.2) is 4.98 Å². The molecule has 0 saturated carbocycles. The molecular weight excluding hydrogens is 240 g/mol. The fraction of sp³-hybridized carbons (Fsp3) is 0.583. The molecule has 2 heterocycles. The highest BCUT2D eigenvalue weighted by molar-refractivity contribution is 6.17. The molecule has 0 bridgehead atoms. The minimum Gasteiger partial charge on any atom is -0.377 e. The van der Waals surface area contributed by atoms with Gasteiger partial charge in [-0.15, -0.1) is 11.6 Å². The molecule has 1 aromatic heterocycles. The van der Waals surface area contributed by atoms with Crippen LogP contribution in [-0.4, -0.2) is 44.5 Å². The molecular formula is C12H17ClN2O2. The first-order chi connectivity index (χ1) is 8.28. The number of methoxy groups -OCH3 is 2. The van der Waals surface area contributed by atoms with Gasteiger partial charge in [-0.3, -0.25) is 0 Å². The summed E-state index contributed by atoms with van der Waals surface area (Å²) in [5, 5.41) is 0. The van der Waals surface area contributed by atoms with E-state index < -0.39 is 0 Å². The van der Waals surface area contributed by atoms with E-state index in [1.54, 1.807) is 14.2 Å². The van der Waals surface area contributed by atoms with Crippen LogP contribution in [-0.2, 0) is 15.4 Å². The van der Waals surface area contributed by atoms with Gasteiger partial charge in [0.2, 0.25) is 0 Å². The van der Waals surface area contributed by atoms with Gasteiger partial charge < -0.3 is 14.4 Å². The third-order valence-electron chi connectivity index (χ3n) is 3.11. The van der Waals surface area contributed by atoms with Gasteiger partial charge in [0.15, 0.2) is 0 Å². The van der Waals surface area contributed by atoms with Crippen LogP contribution in [0.2, 0.25) is 0 Å². The van der Waals surface area contributed by atoms with Crippen molar-refractivity contribution >= 4 is 17.4 Å². The SMILES string of the molecule is COC1CN(c2ccc(CCl)cn2)CC1OC. The summed E-state index contributed by atoms with van der Waals surface area (Å²) in [7, 11) is 3.43. The van der Waals surface area contributed by atoms with Crippen LogP contribution in [0.15, 0.2) is 18.3 Å². The van der Waals surface area contributed by atoms with Crippen LogP contribution in [0, 0.1) is 0 Å². The molecule has 1 saturated heterocycles. The summed E-state index contributed by atoms with van der Waals surface area (Å²) in [6, 6.07) is 3.99. The maximum atomic E-state index is 5.74. The van der Waals surface area contributed by atoms with Crippen molar-refractivity contribution in [3.8, 4) is 0 Å². The zero-order valence-corrected chi connectivity index (χ0v) is 10.9. The lowest BCUT2D eigenvalue weighted by Crippen LogP contribution is -2.27. The van der Waals surface area contributed by atoms with E-state index in [1.807, 2.05) is 18.3 Å². The van der Waals surface area contributed by atoms with Gasteiger partial charge in [0.25, 0.3) is 0 Å². The van der Waals surface area contributed by atoms with Crippen molar-refractivity contribution in [1.29, 1.82) is 0 Å². The molecule has 0 aromatic carbocycles. The number of pyridine rings is 1. The van der Waals surface area contributed by atoms with E-state index in [1.165, 1.54) is 0 Å². The summed E-state index contributed by atoms with van der Waals surface area (Å²) in [6.45, 7) is 1.62. The van der Waals surface area contributed by atoms with Crippen molar-refractivity contribution < 1.29 is 9.47 Å². The molecule has 2 unspecified atom stereocenters. The molecule has 1 fully saturated rings. The topological polar surface area (TPSA) is 34.6 Å². The third kappa shape index (κ3) is 2.70. The lowest BCUT2D eigenvalue weighted by atomic mass is 10.3. The Bertz CT molecular complexity index is 346. The Labute approximate surface area is 106 Å². The summed E-state index contributed by atoms with van der Waals surface area (Å²) in [5.41, 5.74) is 1.03. The Kier molecular flexibility index (Phi) is 4.20. The molecule has 0 aliphatic carbocycles. The van der Waals surface area contributed by atoms with Crippen molar-refractivity contribution in [2.45, 2.75) is 18.1 Å². The number of halogens is 1. The second-order valence-corrected chi connectivity index (χ2v) is 4.38. The predicted octanol–water partition coefficient (Wildman–Crippen LogP) is 1.67. The molecule has 0 spiro atoms. The molecule has 1 aromatic rings. The molecule has 17 heavy (non-hydrogen) atoms. The zero-order valence-electron chi connectivity index (χ0n) is 10.1. The van der Waals surface area contributed by atoms with Crippen LogP contribution in [0.5, 0.6) is 0 Å². The van der Waals surface area contributed by atoms with Crippen LogP contribution in [0.1, 0.15) is 5.56 Å². The number of nitrogens with zero attached hydrogens (tertiary/aromatic N) is 2. The first kappa shape index (κ1) is 12.6. The van der Waals surface area contributed by atoms with Crippen LogP contribution < -0.4 is 4.90 Å². The highest BCUT2D eigenvalue weighted by Gasteiger charge is 2.33. The zero-order chi connectivity index (χ0) is 12.3. The average molecular weight is 257 g/mol. The number of hydrogen-bond donors (Lipinski definition) is 0. The molecule has 5 heteroatoms. The Morgan fingerprint density at radius 1 is 1.29 bits per heavy atom. The largest absolute Gasteiger partial charge is 0.377 e. The van der Waals surface area contributed by atoms with Gasteiger partial charge in [-0.2, -0.15) is 0 Å². The molecule has 94 valence electrons. The second-order valence-electron chi connectivity index (χ2n) is 4.11. The second kappa shape index (κ2) is 5.67. The van der Waals surface area contributed by atoms with Crippen molar-refractivity contribution in [3.05, 3.63) is 23.9 Å². The van der Waals surface area contributed by atoms with Crippen molar-refractivity contribution in [3.63, 3.8) is 0 Å². The molecule has 1 aliphatic rings. The number of hydrogen-bond acceptors (Lipinski definition) is 4. The van der Waals surface area contributed by atoms with E-state index >= 15 is 0 Å². The van der Waals surface area contributed by atoms with Gasteiger partial charge in [0.05, 0.1) is 0 Å². The number of rotatable bonds is 4. The van der Waals surface area contributed by atoms with Crippen molar-refractivity contribution in [2.75, 3.05) is 32.2 Å². The molecule has 0 radical (unpaired) electrons. The summed E-state index contributed by atoms with van der Waals surface area (Å²) >= 11 is 5.74. The van der Waals surface area contributed by atoms with Gasteiger partial charge in [-0.1, -0.05) is 6.07 Å². The molecule has 2 atom stereocenters. The first-order valence-corrected chi connectivity index (χ1v) is 6.13. The maximum absolute atomic E-state index is 5.74. The van der Waals surface area contributed by atoms with E-state index in [9.17, 15) is 0 Å². The Morgan fingerprint density at radius 2 is 1.94 bits per heavy atom. The molecule has 2 rings (SSSR count). The van der Waals surface area contributed by atoms with E-state index in [0.717, 1.165) is 24.5 Å². The van der Waals surface area contributed by atoms with E-state index in [4.69, 9.17) is 21.1 Å².